The summed E-state index contributed by atoms with van der Waals surface area (Å²) in [6.07, 6.45) is 0. The first-order chi connectivity index (χ1) is 9.47. The number of benzene rings is 2. The number of phenolic OH excluding ortho intramolecular Hbond substituents is 3. The summed E-state index contributed by atoms with van der Waals surface area (Å²) in [5.41, 5.74) is 1.73. The van der Waals surface area contributed by atoms with Gasteiger partial charge in [0.2, 0.25) is 0 Å². The molecule has 5 heteroatoms. The lowest BCUT2D eigenvalue weighted by atomic mass is 10.1. The third kappa shape index (κ3) is 3.00. The van der Waals surface area contributed by atoms with Gasteiger partial charge in [-0.05, 0) is 12.5 Å². The number of nitrogens with one attached hydrogen (secondary N) is 1. The van der Waals surface area contributed by atoms with Crippen LogP contribution in [0.2, 0.25) is 0 Å². The summed E-state index contributed by atoms with van der Waals surface area (Å²) < 4.78 is 0. The second-order valence-corrected chi connectivity index (χ2v) is 4.53. The average molecular weight is 273 g/mol. The second kappa shape index (κ2) is 5.52. The van der Waals surface area contributed by atoms with Gasteiger partial charge in [0.25, 0.3) is 5.91 Å². The molecule has 104 valence electrons. The van der Waals surface area contributed by atoms with Crippen LogP contribution in [0.5, 0.6) is 17.2 Å². The largest absolute Gasteiger partial charge is 0.508 e. The first kappa shape index (κ1) is 13.7. The lowest BCUT2D eigenvalue weighted by molar-refractivity contribution is 0.0945. The Hall–Kier alpha value is -2.69. The minimum atomic E-state index is -0.610. The van der Waals surface area contributed by atoms with Crippen molar-refractivity contribution in [3.8, 4) is 17.2 Å². The molecule has 0 atom stereocenters. The highest BCUT2D eigenvalue weighted by atomic mass is 16.3. The van der Waals surface area contributed by atoms with E-state index in [0.717, 1.165) is 23.3 Å². The van der Waals surface area contributed by atoms with Crippen molar-refractivity contribution in [1.29, 1.82) is 0 Å². The Bertz CT molecular complexity index is 629. The maximum Gasteiger partial charge on any atom is 0.259 e. The van der Waals surface area contributed by atoms with Gasteiger partial charge in [0.1, 0.15) is 22.8 Å². The summed E-state index contributed by atoms with van der Waals surface area (Å²) >= 11 is 0. The molecule has 0 unspecified atom stereocenters. The van der Waals surface area contributed by atoms with Crippen molar-refractivity contribution in [3.05, 3.63) is 53.1 Å². The number of phenols is 3. The molecule has 0 saturated heterocycles. The van der Waals surface area contributed by atoms with Gasteiger partial charge in [0.05, 0.1) is 0 Å². The molecule has 2 aromatic carbocycles. The van der Waals surface area contributed by atoms with Crippen LogP contribution in [0, 0.1) is 6.92 Å². The topological polar surface area (TPSA) is 89.8 Å². The molecule has 0 fully saturated rings. The molecule has 0 aliphatic heterocycles. The van der Waals surface area contributed by atoms with E-state index in [4.69, 9.17) is 0 Å². The Morgan fingerprint density at radius 1 is 1.10 bits per heavy atom. The van der Waals surface area contributed by atoms with Crippen molar-refractivity contribution in [1.82, 2.24) is 5.32 Å². The molecular weight excluding hydrogens is 258 g/mol. The fourth-order valence-corrected chi connectivity index (χ4v) is 1.92. The molecule has 2 aromatic rings. The molecular formula is C15H15NO4. The smallest absolute Gasteiger partial charge is 0.259 e. The summed E-state index contributed by atoms with van der Waals surface area (Å²) in [6, 6.07) is 9.62. The van der Waals surface area contributed by atoms with E-state index in [1.54, 1.807) is 0 Å². The Morgan fingerprint density at radius 2 is 1.75 bits per heavy atom. The van der Waals surface area contributed by atoms with Crippen LogP contribution in [0.25, 0.3) is 0 Å². The minimum Gasteiger partial charge on any atom is -0.508 e. The number of hydrogen-bond donors (Lipinski definition) is 4. The molecule has 0 radical (unpaired) electrons. The van der Waals surface area contributed by atoms with Crippen molar-refractivity contribution in [2.45, 2.75) is 13.5 Å². The van der Waals surface area contributed by atoms with E-state index in [2.05, 4.69) is 5.32 Å². The van der Waals surface area contributed by atoms with E-state index in [1.165, 1.54) is 0 Å². The maximum absolute atomic E-state index is 11.9. The maximum atomic E-state index is 11.9. The number of amides is 1. The highest BCUT2D eigenvalue weighted by Crippen LogP contribution is 2.31. The SMILES string of the molecule is Cc1cccc(CNC(=O)c2c(O)cc(O)cc2O)c1. The van der Waals surface area contributed by atoms with E-state index < -0.39 is 17.4 Å². The highest BCUT2D eigenvalue weighted by molar-refractivity contribution is 5.99. The van der Waals surface area contributed by atoms with Gasteiger partial charge in [0.15, 0.2) is 0 Å². The van der Waals surface area contributed by atoms with Crippen molar-refractivity contribution in [2.75, 3.05) is 0 Å². The van der Waals surface area contributed by atoms with Gasteiger partial charge in [-0.25, -0.2) is 0 Å². The molecule has 1 amide bonds. The monoisotopic (exact) mass is 273 g/mol. The zero-order valence-corrected chi connectivity index (χ0v) is 10.9. The third-order valence-electron chi connectivity index (χ3n) is 2.84. The number of carbonyl (C=O) groups excluding carboxylic acids is 1. The van der Waals surface area contributed by atoms with Gasteiger partial charge < -0.3 is 20.6 Å². The Morgan fingerprint density at radius 3 is 2.35 bits per heavy atom. The van der Waals surface area contributed by atoms with Crippen LogP contribution in [-0.2, 0) is 6.54 Å². The number of hydrogen-bond acceptors (Lipinski definition) is 4. The van der Waals surface area contributed by atoms with E-state index in [9.17, 15) is 20.1 Å². The van der Waals surface area contributed by atoms with Gasteiger partial charge in [-0.3, -0.25) is 4.79 Å². The molecule has 4 N–H and O–H groups in total. The van der Waals surface area contributed by atoms with E-state index in [1.807, 2.05) is 31.2 Å². The molecule has 0 spiro atoms. The molecule has 0 aromatic heterocycles. The molecule has 0 aliphatic carbocycles. The lowest BCUT2D eigenvalue weighted by Gasteiger charge is -2.09. The van der Waals surface area contributed by atoms with Crippen LogP contribution in [-0.4, -0.2) is 21.2 Å². The number of aromatic hydroxyl groups is 3. The molecule has 2 rings (SSSR count). The molecule has 0 heterocycles. The van der Waals surface area contributed by atoms with Gasteiger partial charge in [0, 0.05) is 18.7 Å². The van der Waals surface area contributed by atoms with Crippen molar-refractivity contribution < 1.29 is 20.1 Å². The summed E-state index contributed by atoms with van der Waals surface area (Å²) in [7, 11) is 0. The van der Waals surface area contributed by atoms with Crippen molar-refractivity contribution in [2.24, 2.45) is 0 Å². The molecule has 0 saturated carbocycles. The molecule has 20 heavy (non-hydrogen) atoms. The van der Waals surface area contributed by atoms with Crippen molar-refractivity contribution in [3.63, 3.8) is 0 Å². The van der Waals surface area contributed by atoms with E-state index in [0.29, 0.717) is 0 Å². The van der Waals surface area contributed by atoms with Gasteiger partial charge in [-0.15, -0.1) is 0 Å². The first-order valence-corrected chi connectivity index (χ1v) is 6.06. The highest BCUT2D eigenvalue weighted by Gasteiger charge is 2.17. The van der Waals surface area contributed by atoms with E-state index in [-0.39, 0.29) is 17.9 Å². The Balaban J connectivity index is 2.13. The fourth-order valence-electron chi connectivity index (χ4n) is 1.92. The standard InChI is InChI=1S/C15H15NO4/c1-9-3-2-4-10(5-9)8-16-15(20)14-12(18)6-11(17)7-13(14)19/h2-7,17-19H,8H2,1H3,(H,16,20). The fraction of sp³-hybridized carbons (Fsp3) is 0.133. The van der Waals surface area contributed by atoms with Crippen LogP contribution in [0.3, 0.4) is 0 Å². The summed E-state index contributed by atoms with van der Waals surface area (Å²) in [4.78, 5) is 11.9. The van der Waals surface area contributed by atoms with Gasteiger partial charge >= 0.3 is 0 Å². The average Bonchev–Trinajstić information content (AvgIpc) is 2.35. The summed E-state index contributed by atoms with van der Waals surface area (Å²) in [5.74, 6) is -1.86. The molecule has 5 nitrogen and oxygen atoms in total. The minimum absolute atomic E-state index is 0.254. The number of rotatable bonds is 3. The predicted octanol–water partition coefficient (Wildman–Crippen LogP) is 2.04. The van der Waals surface area contributed by atoms with Crippen LogP contribution >= 0.6 is 0 Å². The Kier molecular flexibility index (Phi) is 3.79. The normalized spacial score (nSPS) is 10.2. The zero-order valence-electron chi connectivity index (χ0n) is 10.9. The summed E-state index contributed by atoms with van der Waals surface area (Å²) in [6.45, 7) is 2.23. The second-order valence-electron chi connectivity index (χ2n) is 4.53. The van der Waals surface area contributed by atoms with Gasteiger partial charge in [-0.1, -0.05) is 29.8 Å². The van der Waals surface area contributed by atoms with E-state index >= 15 is 0 Å². The van der Waals surface area contributed by atoms with Crippen LogP contribution in [0.1, 0.15) is 21.5 Å². The number of carbonyl (C=O) groups is 1. The zero-order chi connectivity index (χ0) is 14.7. The third-order valence-corrected chi connectivity index (χ3v) is 2.84. The van der Waals surface area contributed by atoms with Crippen molar-refractivity contribution >= 4 is 5.91 Å². The Labute approximate surface area is 116 Å². The first-order valence-electron chi connectivity index (χ1n) is 6.06. The molecule has 0 aliphatic rings. The summed E-state index contributed by atoms with van der Waals surface area (Å²) in [5, 5.41) is 31.0. The van der Waals surface area contributed by atoms with Crippen LogP contribution in [0.4, 0.5) is 0 Å². The quantitative estimate of drug-likeness (QED) is 0.689. The lowest BCUT2D eigenvalue weighted by Crippen LogP contribution is -2.23. The number of aryl methyl sites for hydroxylation is 1. The predicted molar refractivity (Wildman–Crippen MR) is 73.8 cm³/mol. The van der Waals surface area contributed by atoms with Crippen LogP contribution < -0.4 is 5.32 Å². The van der Waals surface area contributed by atoms with Gasteiger partial charge in [-0.2, -0.15) is 0 Å². The van der Waals surface area contributed by atoms with Crippen LogP contribution in [0.15, 0.2) is 36.4 Å². The molecule has 0 bridgehead atoms.